The second-order valence-electron chi connectivity index (χ2n) is 6.84. The first kappa shape index (κ1) is 21.4. The highest BCUT2D eigenvalue weighted by Crippen LogP contribution is 2.23. The lowest BCUT2D eigenvalue weighted by molar-refractivity contribution is 0.0170. The average molecular weight is 417 g/mol. The van der Waals surface area contributed by atoms with Crippen LogP contribution in [0.4, 0.5) is 0 Å². The van der Waals surface area contributed by atoms with Crippen LogP contribution in [0.1, 0.15) is 17.2 Å². The normalized spacial score (nSPS) is 16.3. The number of guanidine groups is 1. The van der Waals surface area contributed by atoms with Crippen LogP contribution in [0.2, 0.25) is 5.02 Å². The van der Waals surface area contributed by atoms with Crippen molar-refractivity contribution in [3.8, 4) is 5.75 Å². The van der Waals surface area contributed by atoms with E-state index in [2.05, 4.69) is 32.7 Å². The van der Waals surface area contributed by atoms with Crippen molar-refractivity contribution in [1.82, 2.24) is 15.5 Å². The minimum absolute atomic E-state index is 0.212. The Morgan fingerprint density at radius 1 is 1.14 bits per heavy atom. The van der Waals surface area contributed by atoms with Gasteiger partial charge >= 0.3 is 0 Å². The molecule has 1 fully saturated rings. The highest BCUT2D eigenvalue weighted by molar-refractivity contribution is 6.31. The van der Waals surface area contributed by atoms with Gasteiger partial charge in [0, 0.05) is 38.2 Å². The number of morpholine rings is 1. The largest absolute Gasteiger partial charge is 0.497 e. The fourth-order valence-electron chi connectivity index (χ4n) is 3.41. The van der Waals surface area contributed by atoms with Gasteiger partial charge in [0.05, 0.1) is 26.4 Å². The second kappa shape index (κ2) is 11.0. The predicted octanol–water partition coefficient (Wildman–Crippen LogP) is 3.09. The number of halogens is 1. The summed E-state index contributed by atoms with van der Waals surface area (Å²) < 4.78 is 10.8. The molecule has 2 aromatic rings. The molecule has 0 saturated carbocycles. The smallest absolute Gasteiger partial charge is 0.191 e. The molecule has 156 valence electrons. The van der Waals surface area contributed by atoms with Gasteiger partial charge < -0.3 is 20.1 Å². The lowest BCUT2D eigenvalue weighted by Gasteiger charge is -2.35. The van der Waals surface area contributed by atoms with Crippen LogP contribution in [0, 0.1) is 0 Å². The van der Waals surface area contributed by atoms with Crippen molar-refractivity contribution in [2.45, 2.75) is 12.6 Å². The number of aliphatic imine (C=N–C) groups is 1. The quantitative estimate of drug-likeness (QED) is 0.536. The molecule has 0 aromatic heterocycles. The molecular formula is C22H29ClN4O2. The van der Waals surface area contributed by atoms with Crippen molar-refractivity contribution in [3.63, 3.8) is 0 Å². The summed E-state index contributed by atoms with van der Waals surface area (Å²) in [6.07, 6.45) is 0. The third kappa shape index (κ3) is 6.10. The summed E-state index contributed by atoms with van der Waals surface area (Å²) in [5.41, 5.74) is 2.28. The molecule has 7 heteroatoms. The summed E-state index contributed by atoms with van der Waals surface area (Å²) in [7, 11) is 3.46. The van der Waals surface area contributed by atoms with E-state index in [1.54, 1.807) is 14.2 Å². The molecule has 1 atom stereocenters. The Morgan fingerprint density at radius 3 is 2.52 bits per heavy atom. The van der Waals surface area contributed by atoms with Gasteiger partial charge in [-0.1, -0.05) is 41.9 Å². The maximum atomic E-state index is 6.26. The monoisotopic (exact) mass is 416 g/mol. The van der Waals surface area contributed by atoms with Crippen LogP contribution < -0.4 is 15.4 Å². The van der Waals surface area contributed by atoms with Gasteiger partial charge in [0.25, 0.3) is 0 Å². The zero-order valence-corrected chi connectivity index (χ0v) is 17.8. The molecule has 0 amide bonds. The molecule has 0 radical (unpaired) electrons. The van der Waals surface area contributed by atoms with E-state index < -0.39 is 0 Å². The molecule has 0 spiro atoms. The first-order valence-electron chi connectivity index (χ1n) is 9.85. The Kier molecular flexibility index (Phi) is 8.16. The minimum atomic E-state index is 0.212. The van der Waals surface area contributed by atoms with Crippen LogP contribution in [0.15, 0.2) is 53.5 Å². The number of hydrogen-bond donors (Lipinski definition) is 2. The fraction of sp³-hybridized carbons (Fsp3) is 0.409. The Balaban J connectivity index is 1.65. The van der Waals surface area contributed by atoms with Gasteiger partial charge in [0.2, 0.25) is 0 Å². The van der Waals surface area contributed by atoms with Gasteiger partial charge in [0.15, 0.2) is 5.96 Å². The Bertz CT molecular complexity index is 792. The van der Waals surface area contributed by atoms with Crippen LogP contribution in [0.25, 0.3) is 0 Å². The van der Waals surface area contributed by atoms with Gasteiger partial charge in [-0.05, 0) is 29.3 Å². The number of benzene rings is 2. The maximum absolute atomic E-state index is 6.26. The van der Waals surface area contributed by atoms with Crippen LogP contribution >= 0.6 is 11.6 Å². The zero-order valence-electron chi connectivity index (χ0n) is 17.0. The minimum Gasteiger partial charge on any atom is -0.497 e. The van der Waals surface area contributed by atoms with Gasteiger partial charge in [-0.3, -0.25) is 9.89 Å². The van der Waals surface area contributed by atoms with E-state index in [-0.39, 0.29) is 6.04 Å². The number of ether oxygens (including phenoxy) is 2. The third-order valence-electron chi connectivity index (χ3n) is 5.08. The van der Waals surface area contributed by atoms with Crippen LogP contribution in [0.5, 0.6) is 5.75 Å². The molecule has 2 N–H and O–H groups in total. The molecule has 1 saturated heterocycles. The Hall–Kier alpha value is -2.28. The van der Waals surface area contributed by atoms with Gasteiger partial charge in [-0.15, -0.1) is 0 Å². The lowest BCUT2D eigenvalue weighted by Crippen LogP contribution is -2.46. The van der Waals surface area contributed by atoms with Gasteiger partial charge in [-0.25, -0.2) is 0 Å². The number of nitrogens with zero attached hydrogens (tertiary/aromatic N) is 2. The molecule has 1 unspecified atom stereocenters. The predicted molar refractivity (Wildman–Crippen MR) is 118 cm³/mol. The summed E-state index contributed by atoms with van der Waals surface area (Å²) >= 11 is 6.26. The van der Waals surface area contributed by atoms with Crippen LogP contribution in [-0.4, -0.2) is 57.9 Å². The fourth-order valence-corrected chi connectivity index (χ4v) is 3.61. The summed E-state index contributed by atoms with van der Waals surface area (Å²) in [4.78, 5) is 6.80. The van der Waals surface area contributed by atoms with Crippen molar-refractivity contribution < 1.29 is 9.47 Å². The Morgan fingerprint density at radius 2 is 1.86 bits per heavy atom. The summed E-state index contributed by atoms with van der Waals surface area (Å²) in [6, 6.07) is 16.3. The summed E-state index contributed by atoms with van der Waals surface area (Å²) in [6.45, 7) is 4.67. The molecule has 1 aliphatic heterocycles. The second-order valence-corrected chi connectivity index (χ2v) is 7.24. The van der Waals surface area contributed by atoms with Crippen molar-refractivity contribution >= 4 is 17.6 Å². The van der Waals surface area contributed by atoms with Crippen LogP contribution in [0.3, 0.4) is 0 Å². The molecule has 1 aliphatic rings. The number of nitrogens with one attached hydrogen (secondary N) is 2. The maximum Gasteiger partial charge on any atom is 0.191 e. The summed E-state index contributed by atoms with van der Waals surface area (Å²) in [5, 5.41) is 7.56. The molecule has 1 heterocycles. The average Bonchev–Trinajstić information content (AvgIpc) is 2.78. The first-order valence-corrected chi connectivity index (χ1v) is 10.2. The lowest BCUT2D eigenvalue weighted by atomic mass is 10.0. The molecule has 29 heavy (non-hydrogen) atoms. The van der Waals surface area contributed by atoms with Crippen molar-refractivity contribution in [1.29, 1.82) is 0 Å². The van der Waals surface area contributed by atoms with E-state index >= 15 is 0 Å². The molecule has 2 aromatic carbocycles. The van der Waals surface area contributed by atoms with Crippen LogP contribution in [-0.2, 0) is 11.3 Å². The van der Waals surface area contributed by atoms with E-state index in [1.165, 1.54) is 5.56 Å². The van der Waals surface area contributed by atoms with E-state index in [9.17, 15) is 0 Å². The zero-order chi connectivity index (χ0) is 20.5. The summed E-state index contributed by atoms with van der Waals surface area (Å²) in [5.74, 6) is 1.61. The highest BCUT2D eigenvalue weighted by Gasteiger charge is 2.23. The molecular weight excluding hydrogens is 388 g/mol. The standard InChI is InChI=1S/C22H29ClN4O2/c1-24-22(25-15-18-5-3-4-6-20(18)23)26-16-21(27-11-13-29-14-12-27)17-7-9-19(28-2)10-8-17/h3-10,21H,11-16H2,1-2H3,(H2,24,25,26). The number of rotatable bonds is 7. The third-order valence-corrected chi connectivity index (χ3v) is 5.45. The van der Waals surface area contributed by atoms with E-state index in [0.717, 1.165) is 55.1 Å². The highest BCUT2D eigenvalue weighted by atomic mass is 35.5. The van der Waals surface area contributed by atoms with Gasteiger partial charge in [0.1, 0.15) is 5.75 Å². The van der Waals surface area contributed by atoms with E-state index in [1.807, 2.05) is 36.4 Å². The molecule has 0 aliphatic carbocycles. The number of methoxy groups -OCH3 is 1. The molecule has 0 bridgehead atoms. The van der Waals surface area contributed by atoms with Crippen molar-refractivity contribution in [2.75, 3.05) is 47.0 Å². The SMILES string of the molecule is CN=C(NCc1ccccc1Cl)NCC(c1ccc(OC)cc1)N1CCOCC1. The topological polar surface area (TPSA) is 58.1 Å². The van der Waals surface area contributed by atoms with Crippen molar-refractivity contribution in [3.05, 3.63) is 64.7 Å². The first-order chi connectivity index (χ1) is 14.2. The number of hydrogen-bond acceptors (Lipinski definition) is 4. The molecule has 6 nitrogen and oxygen atoms in total. The van der Waals surface area contributed by atoms with E-state index in [4.69, 9.17) is 21.1 Å². The van der Waals surface area contributed by atoms with E-state index in [0.29, 0.717) is 6.54 Å². The van der Waals surface area contributed by atoms with Crippen molar-refractivity contribution in [2.24, 2.45) is 4.99 Å². The Labute approximate surface area is 177 Å². The van der Waals surface area contributed by atoms with Gasteiger partial charge in [-0.2, -0.15) is 0 Å². The molecule has 3 rings (SSSR count).